The van der Waals surface area contributed by atoms with Gasteiger partial charge in [-0.15, -0.1) is 10.2 Å². The lowest BCUT2D eigenvalue weighted by atomic mass is 10.2. The first-order valence-corrected chi connectivity index (χ1v) is 9.92. The third-order valence-electron chi connectivity index (χ3n) is 3.50. The number of thioether (sulfide) groups is 1. The van der Waals surface area contributed by atoms with E-state index in [1.807, 2.05) is 0 Å². The second kappa shape index (κ2) is 8.79. The highest BCUT2D eigenvalue weighted by Crippen LogP contribution is 2.29. The molecule has 0 aliphatic carbocycles. The van der Waals surface area contributed by atoms with E-state index in [0.717, 1.165) is 10.1 Å². The van der Waals surface area contributed by atoms with E-state index < -0.39 is 11.9 Å². The molecule has 0 fully saturated rings. The van der Waals surface area contributed by atoms with E-state index in [4.69, 9.17) is 4.74 Å². The number of nitrogens with zero attached hydrogens (tertiary/aromatic N) is 2. The smallest absolute Gasteiger partial charge is 0.308 e. The molecule has 1 heterocycles. The molecule has 0 aliphatic rings. The third kappa shape index (κ3) is 5.38. The van der Waals surface area contributed by atoms with Crippen LogP contribution in [-0.4, -0.2) is 22.1 Å². The molecule has 3 rings (SSSR count). The zero-order valence-electron chi connectivity index (χ0n) is 14.8. The summed E-state index contributed by atoms with van der Waals surface area (Å²) in [5.41, 5.74) is 2.68. The van der Waals surface area contributed by atoms with Gasteiger partial charge in [0.1, 0.15) is 5.75 Å². The number of carbonyl (C=O) groups is 2. The summed E-state index contributed by atoms with van der Waals surface area (Å²) in [4.78, 5) is 23.6. The number of aryl methyl sites for hydroxylation is 1. The highest BCUT2D eigenvalue weighted by Gasteiger charge is 2.16. The molecule has 0 saturated carbocycles. The van der Waals surface area contributed by atoms with Crippen LogP contribution in [0.3, 0.4) is 0 Å². The Hall–Kier alpha value is -2.71. The molecule has 1 aromatic heterocycles. The lowest BCUT2D eigenvalue weighted by molar-refractivity contribution is -0.131. The number of esters is 1. The normalized spacial score (nSPS) is 10.4. The van der Waals surface area contributed by atoms with Gasteiger partial charge in [0.15, 0.2) is 4.34 Å². The van der Waals surface area contributed by atoms with Gasteiger partial charge in [-0.3, -0.25) is 14.9 Å². The van der Waals surface area contributed by atoms with E-state index in [2.05, 4.69) is 46.7 Å². The molecule has 138 valence electrons. The monoisotopic (exact) mass is 399 g/mol. The summed E-state index contributed by atoms with van der Waals surface area (Å²) in [6.07, 6.45) is 0. The number of carbonyl (C=O) groups excluding carboxylic acids is 2. The van der Waals surface area contributed by atoms with Crippen molar-refractivity contribution in [3.05, 3.63) is 65.2 Å². The number of amides is 1. The molecule has 0 aliphatic heterocycles. The third-order valence-corrected chi connectivity index (χ3v) is 5.54. The number of hydrogen-bond donors (Lipinski definition) is 1. The predicted molar refractivity (Wildman–Crippen MR) is 106 cm³/mol. The zero-order valence-corrected chi connectivity index (χ0v) is 16.4. The molecule has 27 heavy (non-hydrogen) atoms. The molecule has 2 aromatic carbocycles. The summed E-state index contributed by atoms with van der Waals surface area (Å²) in [6.45, 7) is 3.34. The standard InChI is InChI=1S/C19H17N3O3S2/c1-12-7-9-14(10-8-12)11-26-19-22-21-18(27-19)20-17(24)15-5-3-4-6-16(15)25-13(2)23/h3-10H,11H2,1-2H3,(H,20,21,24). The highest BCUT2D eigenvalue weighted by molar-refractivity contribution is 8.00. The van der Waals surface area contributed by atoms with Gasteiger partial charge in [0.05, 0.1) is 5.56 Å². The number of para-hydroxylation sites is 1. The molecule has 1 N–H and O–H groups in total. The number of ether oxygens (including phenoxy) is 1. The fourth-order valence-corrected chi connectivity index (χ4v) is 3.91. The minimum absolute atomic E-state index is 0.209. The Kier molecular flexibility index (Phi) is 6.20. The molecule has 1 amide bonds. The molecular formula is C19H17N3O3S2. The lowest BCUT2D eigenvalue weighted by Crippen LogP contribution is -2.14. The van der Waals surface area contributed by atoms with Crippen molar-refractivity contribution < 1.29 is 14.3 Å². The quantitative estimate of drug-likeness (QED) is 0.288. The van der Waals surface area contributed by atoms with Gasteiger partial charge in [-0.1, -0.05) is 65.1 Å². The molecule has 0 bridgehead atoms. The van der Waals surface area contributed by atoms with Crippen LogP contribution in [0.15, 0.2) is 52.9 Å². The van der Waals surface area contributed by atoms with Crippen molar-refractivity contribution in [3.63, 3.8) is 0 Å². The van der Waals surface area contributed by atoms with Crippen molar-refractivity contribution >= 4 is 40.1 Å². The average Bonchev–Trinajstić information content (AvgIpc) is 3.08. The maximum absolute atomic E-state index is 12.5. The second-order valence-corrected chi connectivity index (χ2v) is 7.89. The maximum Gasteiger partial charge on any atom is 0.308 e. The number of hydrogen-bond acceptors (Lipinski definition) is 7. The number of nitrogens with one attached hydrogen (secondary N) is 1. The van der Waals surface area contributed by atoms with E-state index in [-0.39, 0.29) is 11.3 Å². The molecule has 0 unspecified atom stereocenters. The minimum atomic E-state index is -0.485. The molecule has 0 radical (unpaired) electrons. The summed E-state index contributed by atoms with van der Waals surface area (Å²) in [7, 11) is 0. The maximum atomic E-state index is 12.5. The molecule has 8 heteroatoms. The van der Waals surface area contributed by atoms with Crippen LogP contribution in [0.25, 0.3) is 0 Å². The Morgan fingerprint density at radius 2 is 1.85 bits per heavy atom. The second-order valence-electron chi connectivity index (χ2n) is 5.69. The fourth-order valence-electron chi connectivity index (χ4n) is 2.21. The summed E-state index contributed by atoms with van der Waals surface area (Å²) in [6, 6.07) is 14.9. The molecule has 3 aromatic rings. The summed E-state index contributed by atoms with van der Waals surface area (Å²) < 4.78 is 5.83. The first kappa shape index (κ1) is 19.1. The van der Waals surface area contributed by atoms with E-state index in [1.165, 1.54) is 29.4 Å². The Bertz CT molecular complexity index is 955. The molecule has 0 spiro atoms. The summed E-state index contributed by atoms with van der Waals surface area (Å²) in [5.74, 6) is 0.0954. The van der Waals surface area contributed by atoms with Gasteiger partial charge in [-0.2, -0.15) is 0 Å². The van der Waals surface area contributed by atoms with Crippen molar-refractivity contribution in [2.75, 3.05) is 5.32 Å². The Morgan fingerprint density at radius 3 is 2.59 bits per heavy atom. The minimum Gasteiger partial charge on any atom is -0.426 e. The van der Waals surface area contributed by atoms with Crippen LogP contribution in [0, 0.1) is 6.92 Å². The van der Waals surface area contributed by atoms with Crippen molar-refractivity contribution in [1.82, 2.24) is 10.2 Å². The summed E-state index contributed by atoms with van der Waals surface area (Å²) >= 11 is 2.86. The van der Waals surface area contributed by atoms with E-state index >= 15 is 0 Å². The van der Waals surface area contributed by atoms with Crippen molar-refractivity contribution in [3.8, 4) is 5.75 Å². The number of rotatable bonds is 6. The molecule has 6 nitrogen and oxygen atoms in total. The topological polar surface area (TPSA) is 81.2 Å². The Balaban J connectivity index is 1.63. The van der Waals surface area contributed by atoms with Crippen LogP contribution in [0.4, 0.5) is 5.13 Å². The number of anilines is 1. The van der Waals surface area contributed by atoms with E-state index in [1.54, 1.807) is 36.0 Å². The first-order valence-electron chi connectivity index (χ1n) is 8.12. The van der Waals surface area contributed by atoms with Crippen LogP contribution in [-0.2, 0) is 10.5 Å². The van der Waals surface area contributed by atoms with Gasteiger partial charge in [-0.25, -0.2) is 0 Å². The number of benzene rings is 2. The predicted octanol–water partition coefficient (Wildman–Crippen LogP) is 4.32. The van der Waals surface area contributed by atoms with Crippen molar-refractivity contribution in [1.29, 1.82) is 0 Å². The lowest BCUT2D eigenvalue weighted by Gasteiger charge is -2.07. The fraction of sp³-hybridized carbons (Fsp3) is 0.158. The van der Waals surface area contributed by atoms with Gasteiger partial charge in [0.2, 0.25) is 5.13 Å². The zero-order chi connectivity index (χ0) is 19.2. The largest absolute Gasteiger partial charge is 0.426 e. The van der Waals surface area contributed by atoms with Crippen LogP contribution >= 0.6 is 23.1 Å². The highest BCUT2D eigenvalue weighted by atomic mass is 32.2. The number of aromatic nitrogens is 2. The molecule has 0 saturated heterocycles. The Labute approximate surface area is 165 Å². The van der Waals surface area contributed by atoms with Crippen LogP contribution in [0.2, 0.25) is 0 Å². The SMILES string of the molecule is CC(=O)Oc1ccccc1C(=O)Nc1nnc(SCc2ccc(C)cc2)s1. The van der Waals surface area contributed by atoms with Crippen LogP contribution in [0.1, 0.15) is 28.4 Å². The summed E-state index contributed by atoms with van der Waals surface area (Å²) in [5, 5.41) is 11.2. The van der Waals surface area contributed by atoms with Gasteiger partial charge in [0.25, 0.3) is 5.91 Å². The Morgan fingerprint density at radius 1 is 1.11 bits per heavy atom. The van der Waals surface area contributed by atoms with Gasteiger partial charge in [0, 0.05) is 12.7 Å². The first-order chi connectivity index (χ1) is 13.0. The van der Waals surface area contributed by atoms with Crippen LogP contribution < -0.4 is 10.1 Å². The van der Waals surface area contributed by atoms with Gasteiger partial charge >= 0.3 is 5.97 Å². The van der Waals surface area contributed by atoms with Crippen LogP contribution in [0.5, 0.6) is 5.75 Å². The average molecular weight is 399 g/mol. The van der Waals surface area contributed by atoms with E-state index in [9.17, 15) is 9.59 Å². The van der Waals surface area contributed by atoms with Gasteiger partial charge in [-0.05, 0) is 24.6 Å². The molecule has 0 atom stereocenters. The molecular weight excluding hydrogens is 382 g/mol. The van der Waals surface area contributed by atoms with Gasteiger partial charge < -0.3 is 4.74 Å². The van der Waals surface area contributed by atoms with Crippen molar-refractivity contribution in [2.45, 2.75) is 23.9 Å². The van der Waals surface area contributed by atoms with Crippen molar-refractivity contribution in [2.24, 2.45) is 0 Å². The van der Waals surface area contributed by atoms with E-state index in [0.29, 0.717) is 5.13 Å².